The van der Waals surface area contributed by atoms with Crippen molar-refractivity contribution in [1.82, 2.24) is 20.1 Å². The van der Waals surface area contributed by atoms with Crippen molar-refractivity contribution in [1.29, 1.82) is 0 Å². The lowest BCUT2D eigenvalue weighted by Gasteiger charge is -2.18. The van der Waals surface area contributed by atoms with E-state index in [9.17, 15) is 4.79 Å². The second-order valence-corrected chi connectivity index (χ2v) is 9.35. The van der Waals surface area contributed by atoms with Crippen LogP contribution in [0.5, 0.6) is 0 Å². The maximum Gasteiger partial charge on any atom is 0.231 e. The topological polar surface area (TPSA) is 59.8 Å². The van der Waals surface area contributed by atoms with Crippen molar-refractivity contribution >= 4 is 29.0 Å². The zero-order valence-corrected chi connectivity index (χ0v) is 17.1. The third-order valence-electron chi connectivity index (χ3n) is 5.14. The average molecular weight is 411 g/mol. The highest BCUT2D eigenvalue weighted by molar-refractivity contribution is 7.99. The molecule has 1 aromatic carbocycles. The molecular weight excluding hydrogens is 388 g/mol. The Morgan fingerprint density at radius 1 is 1.14 bits per heavy atom. The quantitative estimate of drug-likeness (QED) is 0.554. The lowest BCUT2D eigenvalue weighted by molar-refractivity contribution is -0.119. The van der Waals surface area contributed by atoms with Crippen LogP contribution in [0.2, 0.25) is 0 Å². The van der Waals surface area contributed by atoms with Crippen LogP contribution in [0.15, 0.2) is 53.0 Å². The van der Waals surface area contributed by atoms with Gasteiger partial charge >= 0.3 is 0 Å². The normalized spacial score (nSPS) is 17.4. The first-order valence-corrected chi connectivity index (χ1v) is 11.6. The molecule has 0 unspecified atom stereocenters. The van der Waals surface area contributed by atoms with Gasteiger partial charge in [0.05, 0.1) is 11.8 Å². The summed E-state index contributed by atoms with van der Waals surface area (Å²) in [5.41, 5.74) is 1.10. The van der Waals surface area contributed by atoms with Gasteiger partial charge in [-0.1, -0.05) is 48.2 Å². The van der Waals surface area contributed by atoms with Crippen molar-refractivity contribution in [2.45, 2.75) is 48.8 Å². The van der Waals surface area contributed by atoms with E-state index in [2.05, 4.69) is 38.3 Å². The van der Waals surface area contributed by atoms with Gasteiger partial charge in [-0.15, -0.1) is 21.5 Å². The van der Waals surface area contributed by atoms with Gasteiger partial charge in [0.15, 0.2) is 5.16 Å². The van der Waals surface area contributed by atoms with E-state index in [1.54, 1.807) is 11.3 Å². The number of thiophene rings is 1. The molecule has 5 nitrogen and oxygen atoms in total. The standard InChI is InChI=1S/C21H22N4OS2/c26-18(22-19(17-7-4-12-27-17)14-5-2-1-3-6-14)13-28-21-24-23-20(15-8-9-15)25(21)16-10-11-16/h1-7,12,15-16,19H,8-11,13H2,(H,22,26)/t19-/m0/s1. The molecule has 28 heavy (non-hydrogen) atoms. The Balaban J connectivity index is 1.28. The van der Waals surface area contributed by atoms with Crippen molar-refractivity contribution in [3.05, 3.63) is 64.1 Å². The molecule has 0 bridgehead atoms. The van der Waals surface area contributed by atoms with Gasteiger partial charge in [-0.05, 0) is 42.7 Å². The van der Waals surface area contributed by atoms with Crippen LogP contribution < -0.4 is 5.32 Å². The lowest BCUT2D eigenvalue weighted by Crippen LogP contribution is -2.30. The van der Waals surface area contributed by atoms with Crippen LogP contribution >= 0.6 is 23.1 Å². The fourth-order valence-electron chi connectivity index (χ4n) is 3.44. The molecule has 2 aliphatic carbocycles. The summed E-state index contributed by atoms with van der Waals surface area (Å²) in [6.45, 7) is 0. The number of thioether (sulfide) groups is 1. The van der Waals surface area contributed by atoms with Crippen LogP contribution in [-0.4, -0.2) is 26.4 Å². The summed E-state index contributed by atoms with van der Waals surface area (Å²) in [7, 11) is 0. The Morgan fingerprint density at radius 2 is 1.96 bits per heavy atom. The Labute approximate surface area is 172 Å². The summed E-state index contributed by atoms with van der Waals surface area (Å²) >= 11 is 3.17. The Bertz CT molecular complexity index is 946. The van der Waals surface area contributed by atoms with Crippen LogP contribution in [0.1, 0.15) is 59.9 Å². The number of carbonyl (C=O) groups excluding carboxylic acids is 1. The van der Waals surface area contributed by atoms with Crippen molar-refractivity contribution in [2.75, 3.05) is 5.75 Å². The molecule has 0 saturated heterocycles. The molecule has 2 aromatic heterocycles. The predicted octanol–water partition coefficient (Wildman–Crippen LogP) is 4.55. The first-order valence-electron chi connectivity index (χ1n) is 9.75. The molecule has 2 aliphatic rings. The summed E-state index contributed by atoms with van der Waals surface area (Å²) in [5, 5.41) is 15.0. The number of benzene rings is 1. The van der Waals surface area contributed by atoms with E-state index in [-0.39, 0.29) is 11.9 Å². The van der Waals surface area contributed by atoms with Gasteiger partial charge in [0, 0.05) is 16.8 Å². The van der Waals surface area contributed by atoms with Gasteiger partial charge in [-0.25, -0.2) is 0 Å². The zero-order valence-electron chi connectivity index (χ0n) is 15.5. The van der Waals surface area contributed by atoms with Crippen molar-refractivity contribution in [3.8, 4) is 0 Å². The predicted molar refractivity (Wildman–Crippen MR) is 112 cm³/mol. The fourth-order valence-corrected chi connectivity index (χ4v) is 5.06. The first kappa shape index (κ1) is 17.9. The Hall–Kier alpha value is -2.12. The molecule has 0 spiro atoms. The molecule has 1 amide bonds. The lowest BCUT2D eigenvalue weighted by atomic mass is 10.1. The van der Waals surface area contributed by atoms with E-state index in [0.29, 0.717) is 17.7 Å². The van der Waals surface area contributed by atoms with Crippen LogP contribution in [0.3, 0.4) is 0 Å². The van der Waals surface area contributed by atoms with Gasteiger partial charge in [0.1, 0.15) is 5.82 Å². The zero-order chi connectivity index (χ0) is 18.9. The van der Waals surface area contributed by atoms with E-state index < -0.39 is 0 Å². The summed E-state index contributed by atoms with van der Waals surface area (Å²) < 4.78 is 2.30. The average Bonchev–Trinajstić information content (AvgIpc) is 3.65. The van der Waals surface area contributed by atoms with Crippen LogP contribution in [-0.2, 0) is 4.79 Å². The highest BCUT2D eigenvalue weighted by Crippen LogP contribution is 2.46. The second kappa shape index (κ2) is 7.72. The van der Waals surface area contributed by atoms with Crippen LogP contribution in [0.25, 0.3) is 0 Å². The summed E-state index contributed by atoms with van der Waals surface area (Å²) in [5.74, 6) is 2.08. The molecule has 3 aromatic rings. The third-order valence-corrected chi connectivity index (χ3v) is 7.02. The minimum Gasteiger partial charge on any atom is -0.344 e. The van der Waals surface area contributed by atoms with E-state index in [1.807, 2.05) is 29.6 Å². The minimum atomic E-state index is -0.113. The number of aromatic nitrogens is 3. The molecule has 2 heterocycles. The van der Waals surface area contributed by atoms with Crippen molar-refractivity contribution in [2.24, 2.45) is 0 Å². The molecule has 1 N–H and O–H groups in total. The van der Waals surface area contributed by atoms with Crippen molar-refractivity contribution in [3.63, 3.8) is 0 Å². The summed E-state index contributed by atoms with van der Waals surface area (Å²) in [6, 6.07) is 14.7. The molecular formula is C21H22N4OS2. The molecule has 0 radical (unpaired) electrons. The molecule has 2 fully saturated rings. The van der Waals surface area contributed by atoms with Gasteiger partial charge in [0.25, 0.3) is 0 Å². The largest absolute Gasteiger partial charge is 0.344 e. The van der Waals surface area contributed by atoms with Gasteiger partial charge in [0.2, 0.25) is 5.91 Å². The number of amides is 1. The van der Waals surface area contributed by atoms with E-state index in [0.717, 1.165) is 21.4 Å². The first-order chi connectivity index (χ1) is 13.8. The van der Waals surface area contributed by atoms with Crippen LogP contribution in [0, 0.1) is 0 Å². The molecule has 0 aliphatic heterocycles. The number of rotatable bonds is 8. The third kappa shape index (κ3) is 3.86. The number of nitrogens with zero attached hydrogens (tertiary/aromatic N) is 3. The van der Waals surface area contributed by atoms with E-state index >= 15 is 0 Å². The van der Waals surface area contributed by atoms with Gasteiger partial charge < -0.3 is 9.88 Å². The second-order valence-electron chi connectivity index (χ2n) is 7.43. The molecule has 5 rings (SSSR count). The minimum absolute atomic E-state index is 0.0190. The smallest absolute Gasteiger partial charge is 0.231 e. The van der Waals surface area contributed by atoms with Gasteiger partial charge in [-0.3, -0.25) is 4.79 Å². The molecule has 144 valence electrons. The summed E-state index contributed by atoms with van der Waals surface area (Å²) in [6.07, 6.45) is 4.84. The highest BCUT2D eigenvalue weighted by atomic mass is 32.2. The molecule has 2 saturated carbocycles. The Morgan fingerprint density at radius 3 is 2.64 bits per heavy atom. The van der Waals surface area contributed by atoms with E-state index in [4.69, 9.17) is 0 Å². The van der Waals surface area contributed by atoms with Crippen molar-refractivity contribution < 1.29 is 4.79 Å². The number of carbonyl (C=O) groups is 1. The van der Waals surface area contributed by atoms with E-state index in [1.165, 1.54) is 37.4 Å². The number of hydrogen-bond acceptors (Lipinski definition) is 5. The monoisotopic (exact) mass is 410 g/mol. The maximum absolute atomic E-state index is 12.8. The van der Waals surface area contributed by atoms with Crippen LogP contribution in [0.4, 0.5) is 0 Å². The molecule has 7 heteroatoms. The number of hydrogen-bond donors (Lipinski definition) is 1. The Kier molecular flexibility index (Phi) is 4.94. The number of nitrogens with one attached hydrogen (secondary N) is 1. The maximum atomic E-state index is 12.8. The summed E-state index contributed by atoms with van der Waals surface area (Å²) in [4.78, 5) is 13.9. The molecule has 1 atom stereocenters. The fraction of sp³-hybridized carbons (Fsp3) is 0.381. The highest BCUT2D eigenvalue weighted by Gasteiger charge is 2.36. The van der Waals surface area contributed by atoms with Gasteiger partial charge in [-0.2, -0.15) is 0 Å². The SMILES string of the molecule is O=C(CSc1nnc(C2CC2)n1C1CC1)N[C@@H](c1ccccc1)c1cccs1.